The number of halogens is 9. The second-order valence-corrected chi connectivity index (χ2v) is 9.45. The smallest absolute Gasteiger partial charge is 0.371 e. The monoisotopic (exact) mass is 645 g/mol. The lowest BCUT2D eigenvalue weighted by Crippen LogP contribution is -2.48. The Balaban J connectivity index is 1.83. The Bertz CT molecular complexity index is 1330. The molecule has 0 atom stereocenters. The molecule has 0 unspecified atom stereocenters. The summed E-state index contributed by atoms with van der Waals surface area (Å²) in [6.07, 6.45) is -12.4. The van der Waals surface area contributed by atoms with Crippen molar-refractivity contribution in [2.24, 2.45) is 10.2 Å². The third kappa shape index (κ3) is 8.82. The Morgan fingerprint density at radius 2 is 1.45 bits per heavy atom. The van der Waals surface area contributed by atoms with Gasteiger partial charge in [0.15, 0.2) is 0 Å². The number of carbonyl (C=O) groups is 3. The van der Waals surface area contributed by atoms with Crippen molar-refractivity contribution in [2.45, 2.75) is 44.5 Å². The highest BCUT2D eigenvalue weighted by Gasteiger charge is 2.44. The zero-order valence-corrected chi connectivity index (χ0v) is 22.9. The van der Waals surface area contributed by atoms with Crippen LogP contribution in [0.1, 0.15) is 12.8 Å². The SMILES string of the molecule is CN1CCN(C(=O)C(F)(F)F)c2cc(N=Nc3n(CCCNC(=O)C(F)(F)F)cc[n+]3CCCNC(=O)C(F)(F)F)ccc21. The van der Waals surface area contributed by atoms with Gasteiger partial charge in [-0.15, -0.1) is 0 Å². The molecule has 1 aromatic carbocycles. The normalized spacial score (nSPS) is 14.1. The Labute approximate surface area is 243 Å². The average Bonchev–Trinajstić information content (AvgIpc) is 3.31. The van der Waals surface area contributed by atoms with Crippen molar-refractivity contribution in [1.82, 2.24) is 15.2 Å². The maximum absolute atomic E-state index is 13.2. The lowest BCUT2D eigenvalue weighted by atomic mass is 10.1. The predicted octanol–water partition coefficient (Wildman–Crippen LogP) is 3.67. The van der Waals surface area contributed by atoms with Crippen LogP contribution in [0, 0.1) is 0 Å². The van der Waals surface area contributed by atoms with Crippen LogP contribution in [0.25, 0.3) is 0 Å². The lowest BCUT2D eigenvalue weighted by molar-refractivity contribution is -0.683. The quantitative estimate of drug-likeness (QED) is 0.178. The van der Waals surface area contributed by atoms with Crippen LogP contribution in [-0.4, -0.2) is 74.0 Å². The molecule has 11 nitrogen and oxygen atoms in total. The second-order valence-electron chi connectivity index (χ2n) is 9.45. The maximum Gasteiger partial charge on any atom is 0.471 e. The van der Waals surface area contributed by atoms with Gasteiger partial charge in [-0.3, -0.25) is 14.4 Å². The Hall–Kier alpha value is -4.39. The topological polar surface area (TPSA) is 115 Å². The number of aromatic nitrogens is 2. The van der Waals surface area contributed by atoms with E-state index in [1.165, 1.54) is 39.7 Å². The lowest BCUT2D eigenvalue weighted by Gasteiger charge is -2.35. The van der Waals surface area contributed by atoms with E-state index in [4.69, 9.17) is 0 Å². The van der Waals surface area contributed by atoms with Gasteiger partial charge in [-0.25, -0.2) is 9.13 Å². The summed E-state index contributed by atoms with van der Waals surface area (Å²) in [5.41, 5.74) is 0.294. The average molecular weight is 646 g/mol. The van der Waals surface area contributed by atoms with Crippen LogP contribution in [0.3, 0.4) is 0 Å². The number of hydrogen-bond acceptors (Lipinski definition) is 6. The van der Waals surface area contributed by atoms with Gasteiger partial charge in [0.25, 0.3) is 0 Å². The third-order valence-electron chi connectivity index (χ3n) is 6.24. The summed E-state index contributed by atoms with van der Waals surface area (Å²) < 4.78 is 117. The van der Waals surface area contributed by atoms with E-state index in [9.17, 15) is 53.9 Å². The number of amides is 3. The third-order valence-corrected chi connectivity index (χ3v) is 6.24. The number of imidazole rings is 1. The number of aryl methyl sites for hydroxylation is 2. The van der Waals surface area contributed by atoms with Gasteiger partial charge < -0.3 is 20.4 Å². The van der Waals surface area contributed by atoms with Crippen LogP contribution < -0.4 is 25.0 Å². The first-order chi connectivity index (χ1) is 20.4. The number of nitrogens with one attached hydrogen (secondary N) is 2. The number of carbonyl (C=O) groups excluding carboxylic acids is 3. The molecule has 0 saturated heterocycles. The highest BCUT2D eigenvalue weighted by molar-refractivity contribution is 6.01. The van der Waals surface area contributed by atoms with E-state index >= 15 is 0 Å². The van der Waals surface area contributed by atoms with E-state index in [0.29, 0.717) is 10.6 Å². The molecule has 0 fully saturated rings. The van der Waals surface area contributed by atoms with Crippen molar-refractivity contribution in [2.75, 3.05) is 43.0 Å². The number of rotatable bonds is 10. The van der Waals surface area contributed by atoms with E-state index < -0.39 is 36.3 Å². The summed E-state index contributed by atoms with van der Waals surface area (Å²) in [7, 11) is 1.62. The fraction of sp³-hybridized carbons (Fsp3) is 0.500. The molecule has 3 rings (SSSR count). The fourth-order valence-corrected chi connectivity index (χ4v) is 4.10. The molecule has 0 spiro atoms. The zero-order chi connectivity index (χ0) is 32.9. The van der Waals surface area contributed by atoms with Crippen LogP contribution in [0.4, 0.5) is 62.5 Å². The molecule has 44 heavy (non-hydrogen) atoms. The largest absolute Gasteiger partial charge is 0.471 e. The molecule has 0 saturated carbocycles. The molecule has 0 aliphatic carbocycles. The summed E-state index contributed by atoms with van der Waals surface area (Å²) in [6, 6.07) is 4.09. The molecule has 1 aliphatic rings. The fourth-order valence-electron chi connectivity index (χ4n) is 4.10. The van der Waals surface area contributed by atoms with Crippen molar-refractivity contribution in [3.8, 4) is 0 Å². The molecular formula is C24H26F9N8O3+. The Kier molecular flexibility index (Phi) is 10.5. The molecular weight excluding hydrogens is 619 g/mol. The van der Waals surface area contributed by atoms with Gasteiger partial charge in [-0.2, -0.15) is 39.5 Å². The van der Waals surface area contributed by atoms with Gasteiger partial charge in [0.05, 0.1) is 36.9 Å². The molecule has 20 heteroatoms. The Morgan fingerprint density at radius 3 is 2.05 bits per heavy atom. The molecule has 1 aliphatic heterocycles. The van der Waals surface area contributed by atoms with Crippen molar-refractivity contribution < 1.29 is 58.5 Å². The highest BCUT2D eigenvalue weighted by atomic mass is 19.4. The molecule has 242 valence electrons. The number of nitrogens with zero attached hydrogens (tertiary/aromatic N) is 6. The van der Waals surface area contributed by atoms with Crippen molar-refractivity contribution in [3.05, 3.63) is 30.6 Å². The molecule has 2 aromatic rings. The molecule has 3 amide bonds. The van der Waals surface area contributed by atoms with Gasteiger partial charge in [0.1, 0.15) is 5.69 Å². The van der Waals surface area contributed by atoms with Gasteiger partial charge in [-0.05, 0) is 31.0 Å². The van der Waals surface area contributed by atoms with Gasteiger partial charge in [0.2, 0.25) is 0 Å². The minimum Gasteiger partial charge on any atom is -0.371 e. The van der Waals surface area contributed by atoms with Crippen molar-refractivity contribution in [3.63, 3.8) is 0 Å². The standard InChI is InChI=1S/C24H25F9N8O3/c1-38-10-13-41(20(44)24(31,32)33)17-14-15(4-5-16(17)38)36-37-21-39(8-2-6-34-18(42)22(25,26)27)11-12-40(21)9-3-7-35-19(43)23(28,29)30/h4-5,11-12,14H,2-3,6-10,13H2,1H3,(H-,34,35,42,43)/p+1. The van der Waals surface area contributed by atoms with Crippen LogP contribution in [0.2, 0.25) is 0 Å². The van der Waals surface area contributed by atoms with E-state index in [1.54, 1.807) is 22.6 Å². The summed E-state index contributed by atoms with van der Waals surface area (Å²) >= 11 is 0. The van der Waals surface area contributed by atoms with E-state index in [2.05, 4.69) is 10.2 Å². The number of azo groups is 1. The predicted molar refractivity (Wildman–Crippen MR) is 134 cm³/mol. The number of hydrogen-bond donors (Lipinski definition) is 2. The molecule has 2 heterocycles. The number of fused-ring (bicyclic) bond motifs is 1. The zero-order valence-electron chi connectivity index (χ0n) is 22.9. The molecule has 0 radical (unpaired) electrons. The van der Waals surface area contributed by atoms with Gasteiger partial charge >= 0.3 is 42.2 Å². The summed E-state index contributed by atoms with van der Waals surface area (Å²) in [6.45, 7) is -0.826. The number of likely N-dealkylation sites (N-methyl/N-ethyl adjacent to an activating group) is 1. The number of anilines is 2. The summed E-state index contributed by atoms with van der Waals surface area (Å²) in [5, 5.41) is 11.6. The molecule has 0 bridgehead atoms. The van der Waals surface area contributed by atoms with Crippen LogP contribution in [-0.2, 0) is 27.5 Å². The second kappa shape index (κ2) is 13.5. The summed E-state index contributed by atoms with van der Waals surface area (Å²) in [4.78, 5) is 36.3. The van der Waals surface area contributed by atoms with Gasteiger partial charge in [-0.1, -0.05) is 5.11 Å². The Morgan fingerprint density at radius 1 is 0.841 bits per heavy atom. The minimum atomic E-state index is -5.13. The minimum absolute atomic E-state index is 0.000351. The number of benzene rings is 1. The van der Waals surface area contributed by atoms with Crippen molar-refractivity contribution >= 4 is 40.7 Å². The first-order valence-electron chi connectivity index (χ1n) is 12.8. The molecule has 2 N–H and O–H groups in total. The van der Waals surface area contributed by atoms with Gasteiger partial charge in [0, 0.05) is 38.3 Å². The molecule has 1 aromatic heterocycles. The highest BCUT2D eigenvalue weighted by Crippen LogP contribution is 2.38. The van der Waals surface area contributed by atoms with Crippen LogP contribution >= 0.6 is 0 Å². The van der Waals surface area contributed by atoms with Crippen LogP contribution in [0.15, 0.2) is 40.8 Å². The van der Waals surface area contributed by atoms with Crippen molar-refractivity contribution in [1.29, 1.82) is 0 Å². The van der Waals surface area contributed by atoms with E-state index in [0.717, 1.165) is 0 Å². The maximum atomic E-state index is 13.2. The summed E-state index contributed by atoms with van der Waals surface area (Å²) in [5.74, 6) is -6.27. The first-order valence-corrected chi connectivity index (χ1v) is 12.8. The number of alkyl halides is 9. The van der Waals surface area contributed by atoms with Crippen LogP contribution in [0.5, 0.6) is 0 Å². The van der Waals surface area contributed by atoms with E-state index in [1.807, 2.05) is 0 Å². The first kappa shape index (κ1) is 34.1. The van der Waals surface area contributed by atoms with E-state index in [-0.39, 0.29) is 69.4 Å².